The quantitative estimate of drug-likeness (QED) is 0.114. The predicted molar refractivity (Wildman–Crippen MR) is 247 cm³/mol. The molecule has 0 N–H and O–H groups in total. The van der Waals surface area contributed by atoms with Gasteiger partial charge in [-0.25, -0.2) is 0 Å². The number of fused-ring (bicyclic) bond motifs is 5. The summed E-state index contributed by atoms with van der Waals surface area (Å²) in [6.07, 6.45) is 31.2. The van der Waals surface area contributed by atoms with E-state index in [4.69, 9.17) is 15.0 Å². The molecule has 0 spiro atoms. The first-order valence-corrected chi connectivity index (χ1v) is 20.1. The van der Waals surface area contributed by atoms with Crippen LogP contribution >= 0.6 is 0 Å². The molecule has 2 aromatic carbocycles. The van der Waals surface area contributed by atoms with Gasteiger partial charge in [0, 0.05) is 64.4 Å². The molecule has 4 aliphatic rings. The molecule has 6 heterocycles. The molecule has 0 amide bonds. The number of hydrogen-bond acceptors (Lipinski definition) is 5. The van der Waals surface area contributed by atoms with Crippen LogP contribution in [0.4, 0.5) is 11.4 Å². The minimum atomic E-state index is 0.823. The molecule has 4 aromatic heterocycles. The summed E-state index contributed by atoms with van der Waals surface area (Å²) in [7, 11) is 0. The molecule has 6 nitrogen and oxygen atoms in total. The molecule has 2 aliphatic carbocycles. The van der Waals surface area contributed by atoms with Crippen LogP contribution in [-0.2, 0) is 0 Å². The summed E-state index contributed by atoms with van der Waals surface area (Å²) in [5.74, 6) is 0. The molecule has 284 valence electrons. The third-order valence-corrected chi connectivity index (χ3v) is 10.9. The van der Waals surface area contributed by atoms with Gasteiger partial charge < -0.3 is 9.47 Å². The zero-order valence-corrected chi connectivity index (χ0v) is 33.2. The lowest BCUT2D eigenvalue weighted by atomic mass is 9.92. The number of hydrogen-bond donors (Lipinski definition) is 0. The van der Waals surface area contributed by atoms with Crippen LogP contribution in [-0.4, -0.2) is 25.7 Å². The summed E-state index contributed by atoms with van der Waals surface area (Å²) in [4.78, 5) is 21.6. The van der Waals surface area contributed by atoms with Crippen molar-refractivity contribution in [2.24, 2.45) is 4.99 Å². The van der Waals surface area contributed by atoms with Crippen molar-refractivity contribution in [2.75, 3.05) is 4.90 Å². The number of anilines is 1. The van der Waals surface area contributed by atoms with Gasteiger partial charge in [-0.15, -0.1) is 11.5 Å². The zero-order valence-electron chi connectivity index (χ0n) is 33.2. The molecule has 0 unspecified atom stereocenters. The van der Waals surface area contributed by atoms with Gasteiger partial charge in [-0.3, -0.25) is 19.9 Å². The number of aromatic nitrogens is 4. The van der Waals surface area contributed by atoms with Crippen molar-refractivity contribution in [3.05, 3.63) is 227 Å². The number of nitrogens with zero attached hydrogens (tertiary/aromatic N) is 6. The van der Waals surface area contributed by atoms with E-state index in [1.165, 1.54) is 0 Å². The van der Waals surface area contributed by atoms with Crippen molar-refractivity contribution in [3.8, 4) is 22.4 Å². The van der Waals surface area contributed by atoms with Crippen LogP contribution in [0.5, 0.6) is 0 Å². The van der Waals surface area contributed by atoms with E-state index in [-0.39, 0.29) is 0 Å². The van der Waals surface area contributed by atoms with Gasteiger partial charge in [-0.1, -0.05) is 67.3 Å². The predicted octanol–water partition coefficient (Wildman–Crippen LogP) is 12.8. The van der Waals surface area contributed by atoms with Gasteiger partial charge in [0.05, 0.1) is 39.7 Å². The highest BCUT2D eigenvalue weighted by Crippen LogP contribution is 2.43. The second-order valence-corrected chi connectivity index (χ2v) is 14.6. The van der Waals surface area contributed by atoms with Crippen LogP contribution < -0.4 is 4.90 Å². The first-order valence-electron chi connectivity index (χ1n) is 20.1. The third kappa shape index (κ3) is 6.56. The molecule has 60 heavy (non-hydrogen) atoms. The Morgan fingerprint density at radius 2 is 1.53 bits per heavy atom. The first-order chi connectivity index (χ1) is 29.7. The largest absolute Gasteiger partial charge is 0.311 e. The summed E-state index contributed by atoms with van der Waals surface area (Å²) in [6, 6.07) is 31.3. The van der Waals surface area contributed by atoms with Gasteiger partial charge in [0.2, 0.25) is 0 Å². The average Bonchev–Trinajstić information content (AvgIpc) is 3.60. The van der Waals surface area contributed by atoms with Crippen LogP contribution in [0.2, 0.25) is 0 Å². The minimum Gasteiger partial charge on any atom is -0.311 e. The standard InChI is InChI=1S/C54H38N6/c1-3-16-41(60-42-27-25-38(34-40(35-42)53-51(60)24-15-32-57-53)43-17-5-4-6-19-45(43)48-21-9-12-29-55-48)33-37(2)59-50-28-26-39(36-47(50)54-52(59)23-11-14-31-58-54)44-18-7-8-20-46(44)49-22-10-13-30-56-49/h5-10,12-34,36H,3H2,1-2H3/b37-33+,41-16+. The van der Waals surface area contributed by atoms with Crippen LogP contribution in [0.25, 0.3) is 56.2 Å². The van der Waals surface area contributed by atoms with Gasteiger partial charge in [-0.2, -0.15) is 0 Å². The molecule has 2 bridgehead atoms. The first kappa shape index (κ1) is 36.3. The number of pyridine rings is 3. The monoisotopic (exact) mass is 770 g/mol. The van der Waals surface area contributed by atoms with Crippen LogP contribution in [0, 0.1) is 0 Å². The Morgan fingerprint density at radius 1 is 0.750 bits per heavy atom. The lowest BCUT2D eigenvalue weighted by Crippen LogP contribution is -2.23. The fraction of sp³-hybridized carbons (Fsp3) is 0.0556. The number of benzene rings is 2. The van der Waals surface area contributed by atoms with Gasteiger partial charge in [0.25, 0.3) is 0 Å². The van der Waals surface area contributed by atoms with Gasteiger partial charge in [0.1, 0.15) is 5.69 Å². The average molecular weight is 771 g/mol. The highest BCUT2D eigenvalue weighted by atomic mass is 15.2. The van der Waals surface area contributed by atoms with E-state index < -0.39 is 0 Å². The van der Waals surface area contributed by atoms with Crippen LogP contribution in [0.15, 0.2) is 215 Å². The highest BCUT2D eigenvalue weighted by Gasteiger charge is 2.27. The molecule has 0 fully saturated rings. The topological polar surface area (TPSA) is 59.2 Å². The fourth-order valence-corrected chi connectivity index (χ4v) is 8.28. The molecular weight excluding hydrogens is 733 g/mol. The van der Waals surface area contributed by atoms with Crippen molar-refractivity contribution in [1.82, 2.24) is 19.5 Å². The second-order valence-electron chi connectivity index (χ2n) is 14.6. The molecule has 6 aromatic rings. The molecular formula is C54H38N6. The third-order valence-electron chi connectivity index (χ3n) is 10.9. The fourth-order valence-electron chi connectivity index (χ4n) is 8.28. The van der Waals surface area contributed by atoms with E-state index in [1.807, 2.05) is 85.5 Å². The normalized spacial score (nSPS) is 15.4. The second kappa shape index (κ2) is 15.7. The highest BCUT2D eigenvalue weighted by molar-refractivity contribution is 6.04. The minimum absolute atomic E-state index is 0.823. The molecule has 0 radical (unpaired) electrons. The van der Waals surface area contributed by atoms with Crippen molar-refractivity contribution in [1.29, 1.82) is 0 Å². The summed E-state index contributed by atoms with van der Waals surface area (Å²) in [6.45, 7) is 4.34. The van der Waals surface area contributed by atoms with Crippen LogP contribution in [0.1, 0.15) is 37.4 Å². The van der Waals surface area contributed by atoms with Crippen LogP contribution in [0.3, 0.4) is 0 Å². The Balaban J connectivity index is 1.07. The summed E-state index contributed by atoms with van der Waals surface area (Å²) in [5.41, 5.74) is 27.3. The maximum absolute atomic E-state index is 4.98. The number of rotatable bonds is 8. The molecule has 6 heteroatoms. The SMILES string of the molecule is CC/C=C(\C=C(/C)n1c2c(c3cc(-c4ccccc4-c4ccccn4)ccc31)N=CC=C=C2)N1C2=C=C(C=C(C3=CC=C=CC=C3c3ccccn3)C=C2)c2ncccc21. The molecule has 0 saturated heterocycles. The van der Waals surface area contributed by atoms with E-state index >= 15 is 0 Å². The van der Waals surface area contributed by atoms with E-state index in [0.29, 0.717) is 0 Å². The lowest BCUT2D eigenvalue weighted by Gasteiger charge is -2.30. The van der Waals surface area contributed by atoms with Crippen molar-refractivity contribution < 1.29 is 0 Å². The smallest absolute Gasteiger partial charge is 0.102 e. The van der Waals surface area contributed by atoms with Crippen molar-refractivity contribution >= 4 is 51.4 Å². The lowest BCUT2D eigenvalue weighted by molar-refractivity contribution is 1.06. The maximum atomic E-state index is 4.98. The Morgan fingerprint density at radius 3 is 2.35 bits per heavy atom. The van der Waals surface area contributed by atoms with Crippen molar-refractivity contribution in [3.63, 3.8) is 0 Å². The maximum Gasteiger partial charge on any atom is 0.102 e. The van der Waals surface area contributed by atoms with Gasteiger partial charge >= 0.3 is 0 Å². The Labute approximate surface area is 349 Å². The van der Waals surface area contributed by atoms with Crippen molar-refractivity contribution in [2.45, 2.75) is 20.3 Å². The Kier molecular flexibility index (Phi) is 9.48. The van der Waals surface area contributed by atoms with E-state index in [1.54, 1.807) is 0 Å². The molecule has 0 saturated carbocycles. The zero-order chi connectivity index (χ0) is 40.4. The number of allylic oxidation sites excluding steroid dienone is 13. The summed E-state index contributed by atoms with van der Waals surface area (Å²) in [5, 5.41) is 1.06. The van der Waals surface area contributed by atoms with E-state index in [9.17, 15) is 0 Å². The van der Waals surface area contributed by atoms with E-state index in [0.717, 1.165) is 108 Å². The van der Waals surface area contributed by atoms with Gasteiger partial charge in [0.15, 0.2) is 0 Å². The Hall–Kier alpha value is -8.10. The molecule has 2 aliphatic heterocycles. The molecule has 10 rings (SSSR count). The van der Waals surface area contributed by atoms with Gasteiger partial charge in [-0.05, 0) is 133 Å². The Bertz CT molecular complexity index is 3170. The number of aliphatic imine (C=N–C) groups is 1. The molecule has 0 atom stereocenters. The summed E-state index contributed by atoms with van der Waals surface area (Å²) >= 11 is 0. The summed E-state index contributed by atoms with van der Waals surface area (Å²) < 4.78 is 2.30. The van der Waals surface area contributed by atoms with E-state index in [2.05, 4.69) is 143 Å².